The first-order chi connectivity index (χ1) is 5.84. The Labute approximate surface area is 76.0 Å². The van der Waals surface area contributed by atoms with Gasteiger partial charge in [0, 0.05) is 6.04 Å². The van der Waals surface area contributed by atoms with Crippen molar-refractivity contribution >= 4 is 0 Å². The predicted molar refractivity (Wildman–Crippen MR) is 54.0 cm³/mol. The van der Waals surface area contributed by atoms with Gasteiger partial charge in [-0.1, -0.05) is 25.3 Å². The van der Waals surface area contributed by atoms with Gasteiger partial charge < -0.3 is 5.73 Å². The molecule has 0 aromatic carbocycles. The number of rotatable bonds is 4. The number of hydrogen-bond acceptors (Lipinski definition) is 1. The van der Waals surface area contributed by atoms with Crippen LogP contribution in [0.4, 0.5) is 0 Å². The molecule has 0 aromatic rings. The molecule has 1 aliphatic carbocycles. The molecule has 1 heteroatoms. The predicted octanol–water partition coefficient (Wildman–Crippen LogP) is 2.86. The molecule has 12 heavy (non-hydrogen) atoms. The smallest absolute Gasteiger partial charge is 0.00701 e. The quantitative estimate of drug-likeness (QED) is 0.640. The average molecular weight is 167 g/mol. The number of hydrogen-bond donors (Lipinski definition) is 1. The molecule has 1 rings (SSSR count). The molecule has 0 saturated heterocycles. The summed E-state index contributed by atoms with van der Waals surface area (Å²) in [5, 5.41) is 0. The van der Waals surface area contributed by atoms with Gasteiger partial charge in [0.1, 0.15) is 0 Å². The molecule has 0 spiro atoms. The van der Waals surface area contributed by atoms with Crippen LogP contribution in [0.15, 0.2) is 12.7 Å². The van der Waals surface area contributed by atoms with E-state index in [2.05, 4.69) is 6.58 Å². The fraction of sp³-hybridized carbons (Fsp3) is 0.818. The Morgan fingerprint density at radius 3 is 2.58 bits per heavy atom. The van der Waals surface area contributed by atoms with Crippen LogP contribution in [0.25, 0.3) is 0 Å². The fourth-order valence-electron chi connectivity index (χ4n) is 2.11. The Balaban J connectivity index is 2.19. The highest BCUT2D eigenvalue weighted by atomic mass is 14.6. The van der Waals surface area contributed by atoms with Gasteiger partial charge >= 0.3 is 0 Å². The summed E-state index contributed by atoms with van der Waals surface area (Å²) in [5.41, 5.74) is 6.09. The zero-order valence-corrected chi connectivity index (χ0v) is 7.97. The third-order valence-corrected chi connectivity index (χ3v) is 2.96. The van der Waals surface area contributed by atoms with Crippen molar-refractivity contribution in [2.24, 2.45) is 11.7 Å². The largest absolute Gasteiger partial charge is 0.327 e. The zero-order chi connectivity index (χ0) is 8.81. The molecule has 2 N–H and O–H groups in total. The van der Waals surface area contributed by atoms with E-state index in [1.165, 1.54) is 32.1 Å². The molecular formula is C11H21N. The lowest BCUT2D eigenvalue weighted by molar-refractivity contribution is 0.296. The second kappa shape index (κ2) is 5.36. The second-order valence-electron chi connectivity index (χ2n) is 3.93. The van der Waals surface area contributed by atoms with E-state index in [9.17, 15) is 0 Å². The van der Waals surface area contributed by atoms with Gasteiger partial charge in [0.15, 0.2) is 0 Å². The molecule has 1 fully saturated rings. The average Bonchev–Trinajstić information content (AvgIpc) is 2.15. The van der Waals surface area contributed by atoms with Crippen LogP contribution in [0.3, 0.4) is 0 Å². The summed E-state index contributed by atoms with van der Waals surface area (Å²) in [7, 11) is 0. The zero-order valence-electron chi connectivity index (χ0n) is 7.97. The van der Waals surface area contributed by atoms with Crippen molar-refractivity contribution in [1.29, 1.82) is 0 Å². The summed E-state index contributed by atoms with van der Waals surface area (Å²) in [6.07, 6.45) is 11.1. The molecule has 1 aliphatic rings. The lowest BCUT2D eigenvalue weighted by Gasteiger charge is -2.27. The SMILES string of the molecule is C=CCC[C@H](N)C1CCCCC1. The Hall–Kier alpha value is -0.300. The van der Waals surface area contributed by atoms with Crippen molar-refractivity contribution in [2.45, 2.75) is 51.0 Å². The molecule has 70 valence electrons. The molecule has 0 heterocycles. The van der Waals surface area contributed by atoms with Crippen molar-refractivity contribution in [3.8, 4) is 0 Å². The maximum atomic E-state index is 6.09. The van der Waals surface area contributed by atoms with Gasteiger partial charge in [-0.15, -0.1) is 6.58 Å². The molecule has 0 aromatic heterocycles. The van der Waals surface area contributed by atoms with E-state index < -0.39 is 0 Å². The van der Waals surface area contributed by atoms with Crippen molar-refractivity contribution in [2.75, 3.05) is 0 Å². The van der Waals surface area contributed by atoms with E-state index >= 15 is 0 Å². The summed E-state index contributed by atoms with van der Waals surface area (Å²) in [4.78, 5) is 0. The standard InChI is InChI=1S/C11H21N/c1-2-3-9-11(12)10-7-5-4-6-8-10/h2,10-11H,1,3-9,12H2/t11-/m0/s1. The maximum Gasteiger partial charge on any atom is 0.00701 e. The van der Waals surface area contributed by atoms with Crippen LogP contribution in [0, 0.1) is 5.92 Å². The third-order valence-electron chi connectivity index (χ3n) is 2.96. The molecule has 0 aliphatic heterocycles. The first-order valence-electron chi connectivity index (χ1n) is 5.21. The van der Waals surface area contributed by atoms with Gasteiger partial charge in [-0.05, 0) is 31.6 Å². The van der Waals surface area contributed by atoms with E-state index in [0.717, 1.165) is 18.8 Å². The summed E-state index contributed by atoms with van der Waals surface area (Å²) in [5.74, 6) is 0.804. The van der Waals surface area contributed by atoms with Crippen molar-refractivity contribution in [3.63, 3.8) is 0 Å². The lowest BCUT2D eigenvalue weighted by atomic mass is 9.83. The number of nitrogens with two attached hydrogens (primary N) is 1. The summed E-state index contributed by atoms with van der Waals surface area (Å²) in [6.45, 7) is 3.72. The molecule has 1 nitrogen and oxygen atoms in total. The topological polar surface area (TPSA) is 26.0 Å². The van der Waals surface area contributed by atoms with Crippen LogP contribution in [0.1, 0.15) is 44.9 Å². The highest BCUT2D eigenvalue weighted by Crippen LogP contribution is 2.27. The minimum absolute atomic E-state index is 0.434. The summed E-state index contributed by atoms with van der Waals surface area (Å²) >= 11 is 0. The minimum Gasteiger partial charge on any atom is -0.327 e. The molecule has 0 radical (unpaired) electrons. The highest BCUT2D eigenvalue weighted by molar-refractivity contribution is 4.79. The van der Waals surface area contributed by atoms with Gasteiger partial charge in [-0.3, -0.25) is 0 Å². The molecular weight excluding hydrogens is 146 g/mol. The third kappa shape index (κ3) is 2.98. The Kier molecular flexibility index (Phi) is 4.37. The van der Waals surface area contributed by atoms with Gasteiger partial charge in [-0.25, -0.2) is 0 Å². The van der Waals surface area contributed by atoms with Gasteiger partial charge in [0.2, 0.25) is 0 Å². The van der Waals surface area contributed by atoms with E-state index in [4.69, 9.17) is 5.73 Å². The molecule has 0 unspecified atom stereocenters. The van der Waals surface area contributed by atoms with Crippen molar-refractivity contribution in [3.05, 3.63) is 12.7 Å². The normalized spacial score (nSPS) is 22.1. The van der Waals surface area contributed by atoms with Gasteiger partial charge in [0.25, 0.3) is 0 Å². The van der Waals surface area contributed by atoms with E-state index in [1.54, 1.807) is 0 Å². The molecule has 1 atom stereocenters. The monoisotopic (exact) mass is 167 g/mol. The molecule has 0 bridgehead atoms. The van der Waals surface area contributed by atoms with E-state index in [0.29, 0.717) is 6.04 Å². The highest BCUT2D eigenvalue weighted by Gasteiger charge is 2.19. The van der Waals surface area contributed by atoms with E-state index in [-0.39, 0.29) is 0 Å². The molecule has 0 amide bonds. The first-order valence-corrected chi connectivity index (χ1v) is 5.21. The van der Waals surface area contributed by atoms with Crippen LogP contribution in [-0.4, -0.2) is 6.04 Å². The lowest BCUT2D eigenvalue weighted by Crippen LogP contribution is -2.31. The summed E-state index contributed by atoms with van der Waals surface area (Å²) in [6, 6.07) is 0.434. The summed E-state index contributed by atoms with van der Waals surface area (Å²) < 4.78 is 0. The van der Waals surface area contributed by atoms with E-state index in [1.807, 2.05) is 6.08 Å². The Morgan fingerprint density at radius 2 is 2.00 bits per heavy atom. The molecule has 1 saturated carbocycles. The van der Waals surface area contributed by atoms with Crippen LogP contribution >= 0.6 is 0 Å². The van der Waals surface area contributed by atoms with Crippen LogP contribution in [0.2, 0.25) is 0 Å². The Morgan fingerprint density at radius 1 is 1.33 bits per heavy atom. The minimum atomic E-state index is 0.434. The number of allylic oxidation sites excluding steroid dienone is 1. The van der Waals surface area contributed by atoms with Gasteiger partial charge in [-0.2, -0.15) is 0 Å². The fourth-order valence-corrected chi connectivity index (χ4v) is 2.11. The Bertz CT molecular complexity index is 125. The van der Waals surface area contributed by atoms with Crippen molar-refractivity contribution < 1.29 is 0 Å². The van der Waals surface area contributed by atoms with Crippen LogP contribution in [-0.2, 0) is 0 Å². The first kappa shape index (κ1) is 9.79. The van der Waals surface area contributed by atoms with Crippen LogP contribution < -0.4 is 5.73 Å². The van der Waals surface area contributed by atoms with Crippen molar-refractivity contribution in [1.82, 2.24) is 0 Å². The second-order valence-corrected chi connectivity index (χ2v) is 3.93. The maximum absolute atomic E-state index is 6.09. The van der Waals surface area contributed by atoms with Gasteiger partial charge in [0.05, 0.1) is 0 Å². The van der Waals surface area contributed by atoms with Crippen LogP contribution in [0.5, 0.6) is 0 Å².